The second kappa shape index (κ2) is 4.31. The number of aromatic hydroxyl groups is 1. The molecule has 84 valence electrons. The molecule has 0 bridgehead atoms. The zero-order chi connectivity index (χ0) is 11.5. The highest BCUT2D eigenvalue weighted by atomic mass is 16.3. The molecule has 2 N–H and O–H groups in total. The molecule has 0 fully saturated rings. The highest BCUT2D eigenvalue weighted by Crippen LogP contribution is 2.25. The smallest absolute Gasteiger partial charge is 0.122 e. The Morgan fingerprint density at radius 1 is 1.25 bits per heavy atom. The molecular formula is C13H15NO2. The van der Waals surface area contributed by atoms with Gasteiger partial charge in [-0.3, -0.25) is 0 Å². The molecule has 1 heterocycles. The van der Waals surface area contributed by atoms with Crippen LogP contribution < -0.4 is 5.32 Å². The van der Waals surface area contributed by atoms with Crippen LogP contribution in [0.25, 0.3) is 0 Å². The number of hydrogen-bond donors (Lipinski definition) is 2. The second-order valence-electron chi connectivity index (χ2n) is 3.89. The van der Waals surface area contributed by atoms with Gasteiger partial charge in [0.05, 0.1) is 12.8 Å². The Balaban J connectivity index is 2.12. The van der Waals surface area contributed by atoms with E-state index in [1.165, 1.54) is 0 Å². The molecule has 3 nitrogen and oxygen atoms in total. The molecule has 2 rings (SSSR count). The average Bonchev–Trinajstić information content (AvgIpc) is 2.74. The van der Waals surface area contributed by atoms with Crippen LogP contribution in [-0.2, 0) is 6.54 Å². The van der Waals surface area contributed by atoms with E-state index in [0.29, 0.717) is 12.3 Å². The van der Waals surface area contributed by atoms with Gasteiger partial charge in [-0.15, -0.1) is 0 Å². The predicted molar refractivity (Wildman–Crippen MR) is 63.6 cm³/mol. The first-order valence-electron chi connectivity index (χ1n) is 5.23. The Labute approximate surface area is 94.7 Å². The summed E-state index contributed by atoms with van der Waals surface area (Å²) in [6, 6.07) is 7.49. The molecule has 0 aliphatic rings. The van der Waals surface area contributed by atoms with Crippen LogP contribution in [-0.4, -0.2) is 5.11 Å². The summed E-state index contributed by atoms with van der Waals surface area (Å²) < 4.78 is 5.24. The van der Waals surface area contributed by atoms with Crippen molar-refractivity contribution in [3.63, 3.8) is 0 Å². The third kappa shape index (κ3) is 2.19. The molecule has 1 aromatic carbocycles. The van der Waals surface area contributed by atoms with Crippen molar-refractivity contribution in [1.29, 1.82) is 0 Å². The Morgan fingerprint density at radius 2 is 2.06 bits per heavy atom. The zero-order valence-corrected chi connectivity index (χ0v) is 9.45. The second-order valence-corrected chi connectivity index (χ2v) is 3.89. The molecule has 0 saturated carbocycles. The summed E-state index contributed by atoms with van der Waals surface area (Å²) >= 11 is 0. The number of phenols is 1. The molecule has 0 amide bonds. The van der Waals surface area contributed by atoms with Crippen molar-refractivity contribution < 1.29 is 9.52 Å². The molecule has 3 heteroatoms. The van der Waals surface area contributed by atoms with E-state index in [9.17, 15) is 5.11 Å². The van der Waals surface area contributed by atoms with Gasteiger partial charge in [-0.05, 0) is 49.2 Å². The summed E-state index contributed by atoms with van der Waals surface area (Å²) in [5, 5.41) is 12.8. The molecule has 16 heavy (non-hydrogen) atoms. The van der Waals surface area contributed by atoms with Crippen molar-refractivity contribution in [1.82, 2.24) is 0 Å². The van der Waals surface area contributed by atoms with E-state index in [2.05, 4.69) is 5.32 Å². The maximum atomic E-state index is 9.53. The molecular weight excluding hydrogens is 202 g/mol. The van der Waals surface area contributed by atoms with Gasteiger partial charge >= 0.3 is 0 Å². The van der Waals surface area contributed by atoms with E-state index in [-0.39, 0.29) is 0 Å². The van der Waals surface area contributed by atoms with E-state index in [1.807, 2.05) is 32.0 Å². The van der Waals surface area contributed by atoms with E-state index < -0.39 is 0 Å². The van der Waals surface area contributed by atoms with Crippen molar-refractivity contribution in [3.05, 3.63) is 47.4 Å². The molecule has 0 atom stereocenters. The van der Waals surface area contributed by atoms with Gasteiger partial charge in [0.1, 0.15) is 11.5 Å². The average molecular weight is 217 g/mol. The number of aryl methyl sites for hydroxylation is 2. The largest absolute Gasteiger partial charge is 0.508 e. The SMILES string of the molecule is Cc1cc(NCc2ccco2)c(C)cc1O. The maximum Gasteiger partial charge on any atom is 0.122 e. The van der Waals surface area contributed by atoms with Gasteiger partial charge in [0, 0.05) is 5.69 Å². The normalized spacial score (nSPS) is 10.4. The lowest BCUT2D eigenvalue weighted by Gasteiger charge is -2.10. The van der Waals surface area contributed by atoms with Gasteiger partial charge < -0.3 is 14.8 Å². The Morgan fingerprint density at radius 3 is 2.75 bits per heavy atom. The lowest BCUT2D eigenvalue weighted by atomic mass is 10.1. The van der Waals surface area contributed by atoms with Crippen LogP contribution >= 0.6 is 0 Å². The van der Waals surface area contributed by atoms with E-state index in [1.54, 1.807) is 12.3 Å². The van der Waals surface area contributed by atoms with Gasteiger partial charge in [-0.1, -0.05) is 0 Å². The first-order chi connectivity index (χ1) is 7.66. The van der Waals surface area contributed by atoms with Crippen LogP contribution in [0.5, 0.6) is 5.75 Å². The molecule has 0 aliphatic heterocycles. The fourth-order valence-corrected chi connectivity index (χ4v) is 1.59. The van der Waals surface area contributed by atoms with Crippen LogP contribution in [0.2, 0.25) is 0 Å². The molecule has 0 saturated heterocycles. The molecule has 0 aliphatic carbocycles. The minimum absolute atomic E-state index is 0.334. The summed E-state index contributed by atoms with van der Waals surface area (Å²) in [5.74, 6) is 1.23. The lowest BCUT2D eigenvalue weighted by Crippen LogP contribution is -2.00. The number of benzene rings is 1. The lowest BCUT2D eigenvalue weighted by molar-refractivity contribution is 0.471. The highest BCUT2D eigenvalue weighted by molar-refractivity contribution is 5.56. The first-order valence-corrected chi connectivity index (χ1v) is 5.23. The summed E-state index contributed by atoms with van der Waals surface area (Å²) in [5.41, 5.74) is 2.91. The highest BCUT2D eigenvalue weighted by Gasteiger charge is 2.03. The summed E-state index contributed by atoms with van der Waals surface area (Å²) in [6.45, 7) is 4.49. The van der Waals surface area contributed by atoms with Crippen molar-refractivity contribution in [3.8, 4) is 5.75 Å². The molecule has 2 aromatic rings. The van der Waals surface area contributed by atoms with Crippen LogP contribution in [0, 0.1) is 13.8 Å². The standard InChI is InChI=1S/C13H15NO2/c1-9-7-13(15)10(2)6-12(9)14-8-11-4-3-5-16-11/h3-7,14-15H,8H2,1-2H3. The third-order valence-corrected chi connectivity index (χ3v) is 2.58. The number of nitrogens with one attached hydrogen (secondary N) is 1. The van der Waals surface area contributed by atoms with Crippen molar-refractivity contribution >= 4 is 5.69 Å². The number of furan rings is 1. The fraction of sp³-hybridized carbons (Fsp3) is 0.231. The Kier molecular flexibility index (Phi) is 2.86. The topological polar surface area (TPSA) is 45.4 Å². The molecule has 1 aromatic heterocycles. The zero-order valence-electron chi connectivity index (χ0n) is 9.45. The maximum absolute atomic E-state index is 9.53. The van der Waals surface area contributed by atoms with Gasteiger partial charge in [0.2, 0.25) is 0 Å². The molecule has 0 spiro atoms. The van der Waals surface area contributed by atoms with Gasteiger partial charge in [0.25, 0.3) is 0 Å². The van der Waals surface area contributed by atoms with Crippen molar-refractivity contribution in [2.24, 2.45) is 0 Å². The van der Waals surface area contributed by atoms with Gasteiger partial charge in [-0.25, -0.2) is 0 Å². The molecule has 0 unspecified atom stereocenters. The quantitative estimate of drug-likeness (QED) is 0.776. The van der Waals surface area contributed by atoms with Gasteiger partial charge in [0.15, 0.2) is 0 Å². The van der Waals surface area contributed by atoms with Crippen LogP contribution in [0.4, 0.5) is 5.69 Å². The van der Waals surface area contributed by atoms with Crippen LogP contribution in [0.3, 0.4) is 0 Å². The summed E-state index contributed by atoms with van der Waals surface area (Å²) in [4.78, 5) is 0. The number of phenolic OH excluding ortho intramolecular Hbond substituents is 1. The van der Waals surface area contributed by atoms with Crippen LogP contribution in [0.1, 0.15) is 16.9 Å². The summed E-state index contributed by atoms with van der Waals surface area (Å²) in [6.07, 6.45) is 1.66. The minimum atomic E-state index is 0.334. The van der Waals surface area contributed by atoms with Crippen molar-refractivity contribution in [2.45, 2.75) is 20.4 Å². The van der Waals surface area contributed by atoms with Crippen LogP contribution in [0.15, 0.2) is 34.9 Å². The van der Waals surface area contributed by atoms with Crippen molar-refractivity contribution in [2.75, 3.05) is 5.32 Å². The van der Waals surface area contributed by atoms with E-state index >= 15 is 0 Å². The summed E-state index contributed by atoms with van der Waals surface area (Å²) in [7, 11) is 0. The van der Waals surface area contributed by atoms with E-state index in [0.717, 1.165) is 22.6 Å². The molecule has 0 radical (unpaired) electrons. The van der Waals surface area contributed by atoms with E-state index in [4.69, 9.17) is 4.42 Å². The minimum Gasteiger partial charge on any atom is -0.508 e. The third-order valence-electron chi connectivity index (χ3n) is 2.58. The number of hydrogen-bond acceptors (Lipinski definition) is 3. The predicted octanol–water partition coefficient (Wildman–Crippen LogP) is 3.21. The monoisotopic (exact) mass is 217 g/mol. The first kappa shape index (κ1) is 10.6. The number of anilines is 1. The number of rotatable bonds is 3. The van der Waals surface area contributed by atoms with Gasteiger partial charge in [-0.2, -0.15) is 0 Å². The Hall–Kier alpha value is -1.90. The Bertz CT molecular complexity index is 475. The fourth-order valence-electron chi connectivity index (χ4n) is 1.59.